The van der Waals surface area contributed by atoms with E-state index >= 15 is 0 Å². The van der Waals surface area contributed by atoms with Crippen molar-refractivity contribution in [3.63, 3.8) is 0 Å². The fraction of sp³-hybridized carbons (Fsp3) is 0.600. The summed E-state index contributed by atoms with van der Waals surface area (Å²) >= 11 is 1.28. The second-order valence-corrected chi connectivity index (χ2v) is 15.9. The van der Waals surface area contributed by atoms with Crippen LogP contribution in [0.15, 0.2) is 53.4 Å². The predicted octanol–water partition coefficient (Wildman–Crippen LogP) is 7.48. The second kappa shape index (κ2) is 14.6. The molecule has 0 spiro atoms. The molecule has 0 bridgehead atoms. The Morgan fingerprint density at radius 2 is 1.43 bits per heavy atom. The summed E-state index contributed by atoms with van der Waals surface area (Å²) in [5.74, 6) is -1.26. The Balaban J connectivity index is 1.42. The predicted molar refractivity (Wildman–Crippen MR) is 177 cm³/mol. The minimum absolute atomic E-state index is 0.102. The summed E-state index contributed by atoms with van der Waals surface area (Å²) in [6.45, 7) is 6.89. The Bertz CT molecular complexity index is 1510. The maximum Gasteiger partial charge on any atom is 0.430 e. The molecule has 1 unspecified atom stereocenters. The molecule has 3 aliphatic rings. The lowest BCUT2D eigenvalue weighted by molar-refractivity contribution is -0.391. The Morgan fingerprint density at radius 1 is 0.824 bits per heavy atom. The van der Waals surface area contributed by atoms with Crippen LogP contribution >= 0.6 is 11.8 Å². The van der Waals surface area contributed by atoms with Crippen molar-refractivity contribution in [3.05, 3.63) is 65.5 Å². The minimum Gasteiger partial charge on any atom is -0.444 e. The van der Waals surface area contributed by atoms with Gasteiger partial charge in [0.25, 0.3) is 5.60 Å². The molecule has 0 aliphatic carbocycles. The van der Waals surface area contributed by atoms with Gasteiger partial charge in [0.05, 0.1) is 11.4 Å². The Labute approximate surface area is 297 Å². The van der Waals surface area contributed by atoms with Gasteiger partial charge < -0.3 is 29.1 Å². The van der Waals surface area contributed by atoms with E-state index in [4.69, 9.17) is 9.47 Å². The summed E-state index contributed by atoms with van der Waals surface area (Å²) in [7, 11) is 1.96. The zero-order valence-corrected chi connectivity index (χ0v) is 29.8. The van der Waals surface area contributed by atoms with Gasteiger partial charge in [0.15, 0.2) is 0 Å². The molecule has 2 atom stereocenters. The number of likely N-dealkylation sites (tertiary alicyclic amines) is 2. The molecule has 3 heterocycles. The maximum absolute atomic E-state index is 14.7. The van der Waals surface area contributed by atoms with Crippen molar-refractivity contribution < 1.29 is 49.8 Å². The van der Waals surface area contributed by atoms with Crippen LogP contribution in [0.4, 0.5) is 40.3 Å². The van der Waals surface area contributed by atoms with E-state index in [2.05, 4.69) is 4.90 Å². The highest BCUT2D eigenvalue weighted by molar-refractivity contribution is 8.00. The SMILES string of the molecule is CN1CCN(C(=O)N2CC[C@@](Sc3ccc(F)cc3)(c3ccc(C(OCC4CCN(C(=O)OC(C)(C)C)C4)(C(F)(F)F)C(F)(F)F)cc3)C2)CC1. The van der Waals surface area contributed by atoms with Gasteiger partial charge in [-0.05, 0) is 70.5 Å². The molecule has 3 saturated heterocycles. The van der Waals surface area contributed by atoms with Crippen LogP contribution in [0.25, 0.3) is 0 Å². The molecule has 2 aromatic carbocycles. The molecular weight excluding hydrogens is 705 g/mol. The lowest BCUT2D eigenvalue weighted by Crippen LogP contribution is -2.56. The zero-order valence-electron chi connectivity index (χ0n) is 29.0. The number of hydrogen-bond donors (Lipinski definition) is 0. The van der Waals surface area contributed by atoms with E-state index in [1.54, 1.807) is 42.7 Å². The number of ether oxygens (including phenoxy) is 2. The van der Waals surface area contributed by atoms with Crippen molar-refractivity contribution in [2.24, 2.45) is 5.92 Å². The largest absolute Gasteiger partial charge is 0.444 e. The van der Waals surface area contributed by atoms with Crippen LogP contribution in [-0.2, 0) is 19.8 Å². The van der Waals surface area contributed by atoms with Crippen molar-refractivity contribution >= 4 is 23.9 Å². The van der Waals surface area contributed by atoms with E-state index < -0.39 is 58.3 Å². The number of hydrogen-bond acceptors (Lipinski definition) is 6. The number of carbonyl (C=O) groups excluding carboxylic acids is 2. The number of urea groups is 1. The average molecular weight is 749 g/mol. The van der Waals surface area contributed by atoms with Gasteiger partial charge in [0.2, 0.25) is 0 Å². The Kier molecular flexibility index (Phi) is 11.2. The summed E-state index contributed by atoms with van der Waals surface area (Å²) in [6, 6.07) is 9.44. The third-order valence-corrected chi connectivity index (χ3v) is 11.0. The van der Waals surface area contributed by atoms with Gasteiger partial charge in [0.1, 0.15) is 11.4 Å². The quantitative estimate of drug-likeness (QED) is 0.274. The third-order valence-electron chi connectivity index (χ3n) is 9.49. The molecule has 3 fully saturated rings. The van der Waals surface area contributed by atoms with E-state index in [0.29, 0.717) is 49.6 Å². The highest BCUT2D eigenvalue weighted by atomic mass is 32.2. The molecule has 16 heteroatoms. The van der Waals surface area contributed by atoms with E-state index in [0.717, 1.165) is 12.1 Å². The first-order valence-electron chi connectivity index (χ1n) is 16.8. The van der Waals surface area contributed by atoms with Crippen molar-refractivity contribution in [2.45, 2.75) is 66.8 Å². The van der Waals surface area contributed by atoms with Crippen LogP contribution in [0, 0.1) is 11.7 Å². The minimum atomic E-state index is -5.89. The van der Waals surface area contributed by atoms with Crippen LogP contribution in [0.3, 0.4) is 0 Å². The van der Waals surface area contributed by atoms with Crippen LogP contribution in [0.2, 0.25) is 0 Å². The number of piperazine rings is 1. The van der Waals surface area contributed by atoms with Gasteiger partial charge >= 0.3 is 24.5 Å². The molecule has 3 aliphatic heterocycles. The molecule has 3 amide bonds. The molecule has 51 heavy (non-hydrogen) atoms. The molecule has 0 saturated carbocycles. The van der Waals surface area contributed by atoms with Crippen LogP contribution in [-0.4, -0.2) is 116 Å². The molecule has 2 aromatic rings. The highest BCUT2D eigenvalue weighted by Crippen LogP contribution is 2.54. The van der Waals surface area contributed by atoms with Gasteiger partial charge in [-0.2, -0.15) is 26.3 Å². The summed E-state index contributed by atoms with van der Waals surface area (Å²) in [4.78, 5) is 33.3. The summed E-state index contributed by atoms with van der Waals surface area (Å²) in [5, 5.41) is 0. The normalized spacial score (nSPS) is 22.5. The fourth-order valence-corrected chi connectivity index (χ4v) is 8.09. The maximum atomic E-state index is 14.7. The fourth-order valence-electron chi connectivity index (χ4n) is 6.70. The standard InChI is InChI=1S/C35H43F7N4O4S/c1-31(2,3)50-30(48)45-15-13-24(21-45)22-49-33(34(37,38)39,35(40,41)42)26-7-5-25(6-8-26)32(51-28-11-9-27(36)10-12-28)14-16-46(23-32)29(47)44-19-17-43(4)18-20-44/h5-12,24H,13-23H2,1-4H3/t24?,32-/m0/s1. The number of rotatable bonds is 7. The summed E-state index contributed by atoms with van der Waals surface area (Å²) in [6.07, 6.45) is -12.0. The molecule has 8 nitrogen and oxygen atoms in total. The number of halogens is 7. The van der Waals surface area contributed by atoms with Gasteiger partial charge in [-0.25, -0.2) is 14.0 Å². The number of benzene rings is 2. The Morgan fingerprint density at radius 3 is 2.00 bits per heavy atom. The molecule has 0 aromatic heterocycles. The molecule has 282 valence electrons. The lowest BCUT2D eigenvalue weighted by atomic mass is 9.88. The van der Waals surface area contributed by atoms with Gasteiger partial charge in [0, 0.05) is 68.7 Å². The number of thioether (sulfide) groups is 1. The third kappa shape index (κ3) is 8.54. The van der Waals surface area contributed by atoms with Crippen LogP contribution in [0.5, 0.6) is 0 Å². The second-order valence-electron chi connectivity index (χ2n) is 14.4. The number of amides is 3. The number of nitrogens with zero attached hydrogens (tertiary/aromatic N) is 4. The molecular formula is C35H43F7N4O4S. The van der Waals surface area contributed by atoms with Crippen molar-refractivity contribution in [1.29, 1.82) is 0 Å². The van der Waals surface area contributed by atoms with Gasteiger partial charge in [-0.15, -0.1) is 11.8 Å². The highest BCUT2D eigenvalue weighted by Gasteiger charge is 2.73. The van der Waals surface area contributed by atoms with E-state index in [9.17, 15) is 40.3 Å². The monoisotopic (exact) mass is 748 g/mol. The van der Waals surface area contributed by atoms with E-state index in [-0.39, 0.29) is 32.1 Å². The summed E-state index contributed by atoms with van der Waals surface area (Å²) in [5.41, 5.74) is -6.20. The number of carbonyl (C=O) groups is 2. The van der Waals surface area contributed by atoms with E-state index in [1.165, 1.54) is 40.9 Å². The van der Waals surface area contributed by atoms with Crippen LogP contribution in [0.1, 0.15) is 44.7 Å². The van der Waals surface area contributed by atoms with Crippen molar-refractivity contribution in [3.8, 4) is 0 Å². The molecule has 5 rings (SSSR count). The smallest absolute Gasteiger partial charge is 0.430 e. The number of likely N-dealkylation sites (N-methyl/N-ethyl adjacent to an activating group) is 1. The first kappa shape index (κ1) is 39.0. The van der Waals surface area contributed by atoms with Crippen molar-refractivity contribution in [1.82, 2.24) is 19.6 Å². The first-order chi connectivity index (χ1) is 23.7. The lowest BCUT2D eigenvalue weighted by Gasteiger charge is -2.38. The van der Waals surface area contributed by atoms with E-state index in [1.807, 2.05) is 7.05 Å². The van der Waals surface area contributed by atoms with Gasteiger partial charge in [-0.1, -0.05) is 24.3 Å². The molecule has 0 N–H and O–H groups in total. The first-order valence-corrected chi connectivity index (χ1v) is 17.6. The Hall–Kier alpha value is -3.24. The number of alkyl halides is 6. The zero-order chi connectivity index (χ0) is 37.4. The molecule has 0 radical (unpaired) electrons. The summed E-state index contributed by atoms with van der Waals surface area (Å²) < 4.78 is 112. The van der Waals surface area contributed by atoms with Gasteiger partial charge in [-0.3, -0.25) is 0 Å². The topological polar surface area (TPSA) is 65.6 Å². The van der Waals surface area contributed by atoms with Crippen molar-refractivity contribution in [2.75, 3.05) is 66.0 Å². The van der Waals surface area contributed by atoms with Crippen LogP contribution < -0.4 is 0 Å². The average Bonchev–Trinajstić information content (AvgIpc) is 3.69.